The molecule has 0 aliphatic carbocycles. The van der Waals surface area contributed by atoms with E-state index in [9.17, 15) is 4.79 Å². The van der Waals surface area contributed by atoms with Gasteiger partial charge in [0.15, 0.2) is 0 Å². The Bertz CT molecular complexity index is 956. The van der Waals surface area contributed by atoms with Gasteiger partial charge in [-0.2, -0.15) is 0 Å². The molecule has 5 heteroatoms. The molecule has 0 radical (unpaired) electrons. The summed E-state index contributed by atoms with van der Waals surface area (Å²) in [6, 6.07) is 22.3. The van der Waals surface area contributed by atoms with Crippen LogP contribution in [0.2, 0.25) is 0 Å². The Morgan fingerprint density at radius 1 is 0.897 bits per heavy atom. The maximum absolute atomic E-state index is 12.8. The number of nitrogens with one attached hydrogen (secondary N) is 1. The van der Waals surface area contributed by atoms with Gasteiger partial charge in [-0.1, -0.05) is 36.4 Å². The van der Waals surface area contributed by atoms with Crippen LogP contribution in [0, 0.1) is 0 Å². The average Bonchev–Trinajstić information content (AvgIpc) is 2.78. The van der Waals surface area contributed by atoms with Crippen LogP contribution in [0.1, 0.15) is 34.5 Å². The van der Waals surface area contributed by atoms with Gasteiger partial charge in [0.2, 0.25) is 0 Å². The van der Waals surface area contributed by atoms with Gasteiger partial charge in [-0.05, 0) is 48.9 Å². The highest BCUT2D eigenvalue weighted by atomic mass is 16.5. The second kappa shape index (κ2) is 9.64. The molecule has 150 valence electrons. The number of ether oxygens (including phenoxy) is 3. The third-order valence-corrected chi connectivity index (χ3v) is 4.60. The number of hydrogen-bond acceptors (Lipinski definition) is 4. The van der Waals surface area contributed by atoms with Crippen molar-refractivity contribution in [2.75, 3.05) is 14.2 Å². The topological polar surface area (TPSA) is 56.8 Å². The molecule has 1 amide bonds. The summed E-state index contributed by atoms with van der Waals surface area (Å²) < 4.78 is 16.5. The third-order valence-electron chi connectivity index (χ3n) is 4.60. The number of rotatable bonds is 8. The van der Waals surface area contributed by atoms with E-state index < -0.39 is 0 Å². The van der Waals surface area contributed by atoms with Gasteiger partial charge in [0, 0.05) is 11.1 Å². The molecule has 0 aromatic heterocycles. The van der Waals surface area contributed by atoms with Crippen molar-refractivity contribution in [2.24, 2.45) is 0 Å². The molecule has 0 aliphatic rings. The molecule has 0 bridgehead atoms. The molecule has 1 N–H and O–H groups in total. The van der Waals surface area contributed by atoms with Gasteiger partial charge in [-0.3, -0.25) is 4.79 Å². The first-order chi connectivity index (χ1) is 14.1. The molecule has 29 heavy (non-hydrogen) atoms. The summed E-state index contributed by atoms with van der Waals surface area (Å²) in [7, 11) is 3.21. The Morgan fingerprint density at radius 3 is 2.41 bits per heavy atom. The number of hydrogen-bond donors (Lipinski definition) is 1. The van der Waals surface area contributed by atoms with Crippen molar-refractivity contribution in [3.63, 3.8) is 0 Å². The van der Waals surface area contributed by atoms with Gasteiger partial charge in [0.1, 0.15) is 23.9 Å². The van der Waals surface area contributed by atoms with E-state index in [4.69, 9.17) is 14.2 Å². The first-order valence-corrected chi connectivity index (χ1v) is 9.40. The van der Waals surface area contributed by atoms with Crippen LogP contribution in [0.4, 0.5) is 0 Å². The lowest BCUT2D eigenvalue weighted by Gasteiger charge is -2.18. The van der Waals surface area contributed by atoms with E-state index in [1.807, 2.05) is 67.6 Å². The fraction of sp³-hybridized carbons (Fsp3) is 0.208. The second-order valence-corrected chi connectivity index (χ2v) is 6.61. The largest absolute Gasteiger partial charge is 0.497 e. The van der Waals surface area contributed by atoms with Gasteiger partial charge < -0.3 is 19.5 Å². The van der Waals surface area contributed by atoms with Crippen molar-refractivity contribution in [1.82, 2.24) is 5.32 Å². The number of carbonyl (C=O) groups is 1. The van der Waals surface area contributed by atoms with Crippen molar-refractivity contribution in [3.8, 4) is 17.2 Å². The molecule has 3 aromatic carbocycles. The summed E-state index contributed by atoms with van der Waals surface area (Å²) in [6.45, 7) is 2.36. The molecule has 0 saturated heterocycles. The average molecular weight is 391 g/mol. The zero-order chi connectivity index (χ0) is 20.6. The minimum absolute atomic E-state index is 0.187. The molecule has 0 unspecified atom stereocenters. The van der Waals surface area contributed by atoms with Crippen molar-refractivity contribution in [2.45, 2.75) is 19.6 Å². The molecule has 3 aromatic rings. The minimum Gasteiger partial charge on any atom is -0.497 e. The van der Waals surface area contributed by atoms with Gasteiger partial charge in [-0.25, -0.2) is 0 Å². The zero-order valence-corrected chi connectivity index (χ0v) is 16.8. The summed E-state index contributed by atoms with van der Waals surface area (Å²) in [5, 5.41) is 3.01. The maximum Gasteiger partial charge on any atom is 0.251 e. The standard InChI is InChI=1S/C24H25NO4/c1-17(22-15-20(27-2)12-13-23(22)28-3)25-24(26)19-10-7-11-21(14-19)29-16-18-8-5-4-6-9-18/h4-15,17H,16H2,1-3H3,(H,25,26)/t17-/m0/s1. The number of benzene rings is 3. The summed E-state index contributed by atoms with van der Waals surface area (Å²) >= 11 is 0. The van der Waals surface area contributed by atoms with Crippen molar-refractivity contribution < 1.29 is 19.0 Å². The Morgan fingerprint density at radius 2 is 1.69 bits per heavy atom. The van der Waals surface area contributed by atoms with Crippen LogP contribution in [-0.2, 0) is 6.61 Å². The van der Waals surface area contributed by atoms with Crippen LogP contribution in [0.5, 0.6) is 17.2 Å². The maximum atomic E-state index is 12.8. The lowest BCUT2D eigenvalue weighted by molar-refractivity contribution is 0.0939. The highest BCUT2D eigenvalue weighted by Gasteiger charge is 2.16. The van der Waals surface area contributed by atoms with E-state index in [1.165, 1.54) is 0 Å². The van der Waals surface area contributed by atoms with Gasteiger partial charge >= 0.3 is 0 Å². The molecular formula is C24H25NO4. The van der Waals surface area contributed by atoms with Crippen molar-refractivity contribution in [1.29, 1.82) is 0 Å². The predicted octanol–water partition coefficient (Wildman–Crippen LogP) is 4.77. The number of amides is 1. The van der Waals surface area contributed by atoms with Crippen LogP contribution >= 0.6 is 0 Å². The van der Waals surface area contributed by atoms with E-state index in [0.717, 1.165) is 11.1 Å². The van der Waals surface area contributed by atoms with E-state index in [2.05, 4.69) is 5.32 Å². The highest BCUT2D eigenvalue weighted by Crippen LogP contribution is 2.29. The molecule has 0 spiro atoms. The first-order valence-electron chi connectivity index (χ1n) is 9.40. The minimum atomic E-state index is -0.263. The summed E-state index contributed by atoms with van der Waals surface area (Å²) in [6.07, 6.45) is 0. The van der Waals surface area contributed by atoms with Crippen molar-refractivity contribution >= 4 is 5.91 Å². The summed E-state index contributed by atoms with van der Waals surface area (Å²) in [5.74, 6) is 1.86. The summed E-state index contributed by atoms with van der Waals surface area (Å²) in [4.78, 5) is 12.8. The molecule has 5 nitrogen and oxygen atoms in total. The van der Waals surface area contributed by atoms with Crippen LogP contribution in [-0.4, -0.2) is 20.1 Å². The van der Waals surface area contributed by atoms with E-state index in [-0.39, 0.29) is 11.9 Å². The van der Waals surface area contributed by atoms with E-state index >= 15 is 0 Å². The molecule has 0 fully saturated rings. The fourth-order valence-electron chi connectivity index (χ4n) is 3.00. The lowest BCUT2D eigenvalue weighted by atomic mass is 10.1. The van der Waals surface area contributed by atoms with Gasteiger partial charge in [-0.15, -0.1) is 0 Å². The number of methoxy groups -OCH3 is 2. The van der Waals surface area contributed by atoms with Crippen molar-refractivity contribution in [3.05, 3.63) is 89.5 Å². The fourth-order valence-corrected chi connectivity index (χ4v) is 3.00. The van der Waals surface area contributed by atoms with Crippen LogP contribution < -0.4 is 19.5 Å². The molecule has 1 atom stereocenters. The lowest BCUT2D eigenvalue weighted by Crippen LogP contribution is -2.27. The molecule has 0 heterocycles. The Balaban J connectivity index is 1.69. The molecule has 0 saturated carbocycles. The van der Waals surface area contributed by atoms with Gasteiger partial charge in [0.25, 0.3) is 5.91 Å². The molecular weight excluding hydrogens is 366 g/mol. The van der Waals surface area contributed by atoms with Crippen LogP contribution in [0.25, 0.3) is 0 Å². The van der Waals surface area contributed by atoms with Crippen LogP contribution in [0.15, 0.2) is 72.8 Å². The van der Waals surface area contributed by atoms with E-state index in [1.54, 1.807) is 26.4 Å². The van der Waals surface area contributed by atoms with Crippen LogP contribution in [0.3, 0.4) is 0 Å². The Labute approximate surface area is 171 Å². The second-order valence-electron chi connectivity index (χ2n) is 6.61. The van der Waals surface area contributed by atoms with E-state index in [0.29, 0.717) is 29.4 Å². The molecule has 3 rings (SSSR count). The third kappa shape index (κ3) is 5.29. The zero-order valence-electron chi connectivity index (χ0n) is 16.8. The summed E-state index contributed by atoms with van der Waals surface area (Å²) in [5.41, 5.74) is 2.45. The SMILES string of the molecule is COc1ccc(OC)c([C@H](C)NC(=O)c2cccc(OCc3ccccc3)c2)c1. The first kappa shape index (κ1) is 20.3. The number of carbonyl (C=O) groups excluding carboxylic acids is 1. The predicted molar refractivity (Wildman–Crippen MR) is 113 cm³/mol. The van der Waals surface area contributed by atoms with Gasteiger partial charge in [0.05, 0.1) is 20.3 Å². The Kier molecular flexibility index (Phi) is 6.74. The Hall–Kier alpha value is -3.47. The highest BCUT2D eigenvalue weighted by molar-refractivity contribution is 5.94. The smallest absolute Gasteiger partial charge is 0.251 e. The normalized spacial score (nSPS) is 11.4. The molecule has 0 aliphatic heterocycles. The quantitative estimate of drug-likeness (QED) is 0.601. The monoisotopic (exact) mass is 391 g/mol.